The highest BCUT2D eigenvalue weighted by molar-refractivity contribution is 5.36. The van der Waals surface area contributed by atoms with Crippen LogP contribution in [-0.2, 0) is 11.2 Å². The van der Waals surface area contributed by atoms with Crippen LogP contribution in [0.3, 0.4) is 0 Å². The monoisotopic (exact) mass is 289 g/mol. The Hall–Kier alpha value is -1.91. The van der Waals surface area contributed by atoms with Crippen LogP contribution in [0.5, 0.6) is 11.5 Å². The van der Waals surface area contributed by atoms with Gasteiger partial charge in [-0.3, -0.25) is 0 Å². The molecule has 2 N–H and O–H groups in total. The molecule has 0 heterocycles. The lowest BCUT2D eigenvalue weighted by Gasteiger charge is -2.10. The summed E-state index contributed by atoms with van der Waals surface area (Å²) in [4.78, 5) is 0. The normalized spacial score (nSPS) is 12.2. The minimum absolute atomic E-state index is 0.198. The first-order valence-corrected chi connectivity index (χ1v) is 6.91. The van der Waals surface area contributed by atoms with Crippen LogP contribution < -0.4 is 10.5 Å². The lowest BCUT2D eigenvalue weighted by Crippen LogP contribution is -2.05. The van der Waals surface area contributed by atoms with E-state index in [4.69, 9.17) is 15.2 Å². The third-order valence-electron chi connectivity index (χ3n) is 3.23. The van der Waals surface area contributed by atoms with Crippen LogP contribution in [0.25, 0.3) is 0 Å². The van der Waals surface area contributed by atoms with Gasteiger partial charge in [0.2, 0.25) is 0 Å². The summed E-state index contributed by atoms with van der Waals surface area (Å²) in [6.45, 7) is 2.49. The van der Waals surface area contributed by atoms with Gasteiger partial charge in [-0.15, -0.1) is 0 Å². The second kappa shape index (κ2) is 7.20. The van der Waals surface area contributed by atoms with E-state index in [0.29, 0.717) is 12.4 Å². The van der Waals surface area contributed by atoms with Gasteiger partial charge in [-0.1, -0.05) is 18.2 Å². The fourth-order valence-electron chi connectivity index (χ4n) is 1.95. The summed E-state index contributed by atoms with van der Waals surface area (Å²) in [5.41, 5.74) is 7.62. The molecule has 0 radical (unpaired) electrons. The third-order valence-corrected chi connectivity index (χ3v) is 3.23. The van der Waals surface area contributed by atoms with Crippen molar-refractivity contribution >= 4 is 0 Å². The van der Waals surface area contributed by atoms with Crippen molar-refractivity contribution in [3.8, 4) is 11.5 Å². The van der Waals surface area contributed by atoms with Crippen LogP contribution in [0.15, 0.2) is 42.5 Å². The molecule has 0 fully saturated rings. The Balaban J connectivity index is 2.07. The summed E-state index contributed by atoms with van der Waals surface area (Å²) in [6.07, 6.45) is 0.841. The predicted octanol–water partition coefficient (Wildman–Crippen LogP) is 3.83. The van der Waals surface area contributed by atoms with E-state index in [9.17, 15) is 4.39 Å². The Bertz CT molecular complexity index is 582. The van der Waals surface area contributed by atoms with Crippen molar-refractivity contribution in [1.29, 1.82) is 0 Å². The van der Waals surface area contributed by atoms with Gasteiger partial charge in [-0.05, 0) is 48.7 Å². The highest BCUT2D eigenvalue weighted by atomic mass is 19.1. The molecule has 2 aromatic carbocycles. The SMILES string of the molecule is COCCc1ccc(Oc2ccc([C@@H](C)N)cc2F)cc1. The molecule has 0 saturated carbocycles. The summed E-state index contributed by atoms with van der Waals surface area (Å²) < 4.78 is 24.5. The van der Waals surface area contributed by atoms with E-state index in [1.807, 2.05) is 31.2 Å². The first-order valence-electron chi connectivity index (χ1n) is 6.91. The Kier molecular flexibility index (Phi) is 5.31. The van der Waals surface area contributed by atoms with Gasteiger partial charge >= 0.3 is 0 Å². The molecular formula is C17H20FNO2. The second-order valence-electron chi connectivity index (χ2n) is 4.97. The Labute approximate surface area is 124 Å². The van der Waals surface area contributed by atoms with Gasteiger partial charge in [0, 0.05) is 13.2 Å². The summed E-state index contributed by atoms with van der Waals surface area (Å²) in [6, 6.07) is 12.1. The van der Waals surface area contributed by atoms with Crippen LogP contribution >= 0.6 is 0 Å². The molecule has 0 aliphatic rings. The smallest absolute Gasteiger partial charge is 0.166 e. The average molecular weight is 289 g/mol. The van der Waals surface area contributed by atoms with Crippen LogP contribution in [-0.4, -0.2) is 13.7 Å². The molecule has 0 spiro atoms. The number of rotatable bonds is 6. The molecule has 0 saturated heterocycles. The van der Waals surface area contributed by atoms with Crippen LogP contribution in [0.1, 0.15) is 24.1 Å². The summed E-state index contributed by atoms with van der Waals surface area (Å²) in [5, 5.41) is 0. The summed E-state index contributed by atoms with van der Waals surface area (Å²) in [7, 11) is 1.67. The van der Waals surface area contributed by atoms with E-state index in [0.717, 1.165) is 17.5 Å². The van der Waals surface area contributed by atoms with E-state index in [1.165, 1.54) is 6.07 Å². The standard InChI is InChI=1S/C17H20FNO2/c1-12(19)14-5-8-17(16(18)11-14)21-15-6-3-13(4-7-15)9-10-20-2/h3-8,11-12H,9-10,19H2,1-2H3/t12-/m1/s1. The zero-order valence-corrected chi connectivity index (χ0v) is 12.3. The van der Waals surface area contributed by atoms with Gasteiger partial charge in [0.05, 0.1) is 6.61 Å². The number of hydrogen-bond donors (Lipinski definition) is 1. The molecule has 0 bridgehead atoms. The Morgan fingerprint density at radius 3 is 2.43 bits per heavy atom. The van der Waals surface area contributed by atoms with Crippen LogP contribution in [0.4, 0.5) is 4.39 Å². The van der Waals surface area contributed by atoms with E-state index in [1.54, 1.807) is 19.2 Å². The number of hydrogen-bond acceptors (Lipinski definition) is 3. The average Bonchev–Trinajstić information content (AvgIpc) is 2.48. The van der Waals surface area contributed by atoms with Crippen molar-refractivity contribution in [2.45, 2.75) is 19.4 Å². The fourth-order valence-corrected chi connectivity index (χ4v) is 1.95. The fraction of sp³-hybridized carbons (Fsp3) is 0.294. The van der Waals surface area contributed by atoms with Crippen LogP contribution in [0, 0.1) is 5.82 Å². The zero-order chi connectivity index (χ0) is 15.2. The predicted molar refractivity (Wildman–Crippen MR) is 81.1 cm³/mol. The molecule has 1 atom stereocenters. The Morgan fingerprint density at radius 1 is 1.14 bits per heavy atom. The topological polar surface area (TPSA) is 44.5 Å². The van der Waals surface area contributed by atoms with Gasteiger partial charge in [0.1, 0.15) is 5.75 Å². The molecule has 2 aromatic rings. The van der Waals surface area contributed by atoms with Gasteiger partial charge in [-0.25, -0.2) is 4.39 Å². The zero-order valence-electron chi connectivity index (χ0n) is 12.3. The van der Waals surface area contributed by atoms with Gasteiger partial charge < -0.3 is 15.2 Å². The molecule has 112 valence electrons. The molecule has 3 nitrogen and oxygen atoms in total. The highest BCUT2D eigenvalue weighted by Gasteiger charge is 2.08. The van der Waals surface area contributed by atoms with Crippen molar-refractivity contribution in [3.05, 3.63) is 59.4 Å². The first-order chi connectivity index (χ1) is 10.1. The van der Waals surface area contributed by atoms with Crippen molar-refractivity contribution < 1.29 is 13.9 Å². The molecule has 4 heteroatoms. The van der Waals surface area contributed by atoms with Gasteiger partial charge in [0.25, 0.3) is 0 Å². The molecule has 0 aliphatic carbocycles. The minimum Gasteiger partial charge on any atom is -0.454 e. The molecule has 2 rings (SSSR count). The molecular weight excluding hydrogens is 269 g/mol. The number of methoxy groups -OCH3 is 1. The molecule has 0 aliphatic heterocycles. The van der Waals surface area contributed by atoms with E-state index in [2.05, 4.69) is 0 Å². The minimum atomic E-state index is -0.409. The lowest BCUT2D eigenvalue weighted by molar-refractivity contribution is 0.202. The second-order valence-corrected chi connectivity index (χ2v) is 4.97. The highest BCUT2D eigenvalue weighted by Crippen LogP contribution is 2.26. The van der Waals surface area contributed by atoms with E-state index >= 15 is 0 Å². The number of halogens is 1. The molecule has 0 amide bonds. The number of benzene rings is 2. The maximum absolute atomic E-state index is 13.9. The third kappa shape index (κ3) is 4.28. The van der Waals surface area contributed by atoms with Crippen molar-refractivity contribution in [2.24, 2.45) is 5.73 Å². The maximum Gasteiger partial charge on any atom is 0.166 e. The molecule has 21 heavy (non-hydrogen) atoms. The lowest BCUT2D eigenvalue weighted by atomic mass is 10.1. The first kappa shape index (κ1) is 15.5. The van der Waals surface area contributed by atoms with Crippen molar-refractivity contribution in [2.75, 3.05) is 13.7 Å². The van der Waals surface area contributed by atoms with E-state index in [-0.39, 0.29) is 11.8 Å². The summed E-state index contributed by atoms with van der Waals surface area (Å²) in [5.74, 6) is 0.390. The maximum atomic E-state index is 13.9. The molecule has 0 unspecified atom stereocenters. The molecule has 0 aromatic heterocycles. The van der Waals surface area contributed by atoms with Crippen LogP contribution in [0.2, 0.25) is 0 Å². The quantitative estimate of drug-likeness (QED) is 0.879. The largest absolute Gasteiger partial charge is 0.454 e. The Morgan fingerprint density at radius 2 is 1.86 bits per heavy atom. The van der Waals surface area contributed by atoms with E-state index < -0.39 is 5.82 Å². The van der Waals surface area contributed by atoms with Crippen molar-refractivity contribution in [3.63, 3.8) is 0 Å². The van der Waals surface area contributed by atoms with Gasteiger partial charge in [0.15, 0.2) is 11.6 Å². The summed E-state index contributed by atoms with van der Waals surface area (Å²) >= 11 is 0. The number of nitrogens with two attached hydrogens (primary N) is 1. The van der Waals surface area contributed by atoms with Crippen molar-refractivity contribution in [1.82, 2.24) is 0 Å². The number of ether oxygens (including phenoxy) is 2. The van der Waals surface area contributed by atoms with Gasteiger partial charge in [-0.2, -0.15) is 0 Å².